The Morgan fingerprint density at radius 1 is 0.842 bits per heavy atom. The van der Waals surface area contributed by atoms with Crippen molar-refractivity contribution in [2.24, 2.45) is 0 Å². The fourth-order valence-electron chi connectivity index (χ4n) is 1.79. The summed E-state index contributed by atoms with van der Waals surface area (Å²) < 4.78 is 5.05. The molecule has 94 valence electrons. The molecule has 0 atom stereocenters. The predicted octanol–water partition coefficient (Wildman–Crippen LogP) is 3.06. The monoisotopic (exact) mass is 252 g/mol. The van der Waals surface area contributed by atoms with Crippen molar-refractivity contribution in [1.82, 2.24) is 10.2 Å². The molecule has 0 saturated heterocycles. The number of nitrogens with two attached hydrogens (primary N) is 1. The first-order valence-electron chi connectivity index (χ1n) is 5.83. The minimum absolute atomic E-state index is 0.0448. The van der Waals surface area contributed by atoms with E-state index in [1.165, 1.54) is 5.56 Å². The normalized spacial score (nSPS) is 10.3. The number of anilines is 3. The molecule has 0 bridgehead atoms. The second-order valence-corrected chi connectivity index (χ2v) is 4.01. The van der Waals surface area contributed by atoms with Gasteiger partial charge in [-0.25, -0.2) is 0 Å². The molecule has 5 heteroatoms. The van der Waals surface area contributed by atoms with Gasteiger partial charge in [0.05, 0.1) is 0 Å². The van der Waals surface area contributed by atoms with Gasteiger partial charge >= 0.3 is 12.0 Å². The van der Waals surface area contributed by atoms with Crippen molar-refractivity contribution in [3.05, 3.63) is 54.6 Å². The molecule has 3 aromatic rings. The molecule has 0 aliphatic heterocycles. The minimum atomic E-state index is 0.0448. The van der Waals surface area contributed by atoms with Gasteiger partial charge in [0.2, 0.25) is 0 Å². The summed E-state index contributed by atoms with van der Waals surface area (Å²) in [5.74, 6) is 0. The van der Waals surface area contributed by atoms with Crippen LogP contribution in [0.25, 0.3) is 11.1 Å². The van der Waals surface area contributed by atoms with Gasteiger partial charge in [0.15, 0.2) is 0 Å². The second kappa shape index (κ2) is 4.81. The van der Waals surface area contributed by atoms with Crippen molar-refractivity contribution < 1.29 is 4.42 Å². The maximum Gasteiger partial charge on any atom is 0.321 e. The Labute approximate surface area is 110 Å². The average molecular weight is 252 g/mol. The lowest BCUT2D eigenvalue weighted by molar-refractivity contribution is 0.593. The van der Waals surface area contributed by atoms with Crippen LogP contribution in [0, 0.1) is 0 Å². The molecule has 1 heterocycles. The van der Waals surface area contributed by atoms with Crippen LogP contribution in [0.4, 0.5) is 17.7 Å². The van der Waals surface area contributed by atoms with E-state index in [1.54, 1.807) is 0 Å². The summed E-state index contributed by atoms with van der Waals surface area (Å²) in [4.78, 5) is 0. The zero-order chi connectivity index (χ0) is 13.1. The van der Waals surface area contributed by atoms with E-state index in [1.807, 2.05) is 42.5 Å². The lowest BCUT2D eigenvalue weighted by Crippen LogP contribution is -1.90. The molecule has 1 aromatic heterocycles. The lowest BCUT2D eigenvalue weighted by atomic mass is 10.1. The Morgan fingerprint density at radius 2 is 1.53 bits per heavy atom. The Bertz CT molecular complexity index is 661. The molecule has 5 nitrogen and oxygen atoms in total. The molecule has 3 N–H and O–H groups in total. The highest BCUT2D eigenvalue weighted by Gasteiger charge is 2.03. The summed E-state index contributed by atoms with van der Waals surface area (Å²) >= 11 is 0. The maximum absolute atomic E-state index is 5.35. The Morgan fingerprint density at radius 3 is 2.16 bits per heavy atom. The SMILES string of the molecule is Nc1nnc(Nc2ccc(-c3ccccc3)cc2)o1. The highest BCUT2D eigenvalue weighted by atomic mass is 16.4. The topological polar surface area (TPSA) is 77.0 Å². The van der Waals surface area contributed by atoms with Gasteiger partial charge in [-0.15, -0.1) is 0 Å². The van der Waals surface area contributed by atoms with E-state index in [0.29, 0.717) is 0 Å². The van der Waals surface area contributed by atoms with Gasteiger partial charge < -0.3 is 15.5 Å². The van der Waals surface area contributed by atoms with Crippen LogP contribution in [0.1, 0.15) is 0 Å². The van der Waals surface area contributed by atoms with E-state index < -0.39 is 0 Å². The number of hydrogen-bond acceptors (Lipinski definition) is 5. The molecule has 2 aromatic carbocycles. The van der Waals surface area contributed by atoms with E-state index in [4.69, 9.17) is 10.2 Å². The molecule has 0 radical (unpaired) electrons. The Balaban J connectivity index is 1.79. The number of hydrogen-bond donors (Lipinski definition) is 2. The third-order valence-corrected chi connectivity index (χ3v) is 2.68. The van der Waals surface area contributed by atoms with Gasteiger partial charge in [0.25, 0.3) is 0 Å². The molecule has 0 spiro atoms. The van der Waals surface area contributed by atoms with E-state index >= 15 is 0 Å². The van der Waals surface area contributed by atoms with Crippen molar-refractivity contribution in [3.8, 4) is 11.1 Å². The van der Waals surface area contributed by atoms with Crippen molar-refractivity contribution in [2.45, 2.75) is 0 Å². The van der Waals surface area contributed by atoms with Gasteiger partial charge in [-0.3, -0.25) is 0 Å². The van der Waals surface area contributed by atoms with Gasteiger partial charge in [0.1, 0.15) is 0 Å². The van der Waals surface area contributed by atoms with Crippen molar-refractivity contribution >= 4 is 17.7 Å². The van der Waals surface area contributed by atoms with Gasteiger partial charge in [0, 0.05) is 5.69 Å². The average Bonchev–Trinajstić information content (AvgIpc) is 2.86. The fourth-order valence-corrected chi connectivity index (χ4v) is 1.79. The molecule has 0 saturated carbocycles. The third kappa shape index (κ3) is 2.55. The molecule has 19 heavy (non-hydrogen) atoms. The quantitative estimate of drug-likeness (QED) is 0.749. The molecular weight excluding hydrogens is 240 g/mol. The summed E-state index contributed by atoms with van der Waals surface area (Å²) in [6.45, 7) is 0. The van der Waals surface area contributed by atoms with E-state index in [0.717, 1.165) is 11.3 Å². The largest absolute Gasteiger partial charge is 0.389 e. The van der Waals surface area contributed by atoms with Crippen LogP contribution in [0.15, 0.2) is 59.0 Å². The van der Waals surface area contributed by atoms with Gasteiger partial charge in [-0.2, -0.15) is 0 Å². The molecule has 0 aliphatic rings. The van der Waals surface area contributed by atoms with Crippen LogP contribution in [-0.4, -0.2) is 10.2 Å². The molecule has 3 rings (SSSR count). The number of benzene rings is 2. The number of nitrogen functional groups attached to an aromatic ring is 1. The molecule has 0 unspecified atom stereocenters. The number of nitrogens with one attached hydrogen (secondary N) is 1. The van der Waals surface area contributed by atoms with E-state index in [9.17, 15) is 0 Å². The highest BCUT2D eigenvalue weighted by Crippen LogP contribution is 2.22. The maximum atomic E-state index is 5.35. The van der Waals surface area contributed by atoms with Crippen molar-refractivity contribution in [2.75, 3.05) is 11.1 Å². The number of rotatable bonds is 3. The van der Waals surface area contributed by atoms with Gasteiger partial charge in [-0.05, 0) is 23.3 Å². The van der Waals surface area contributed by atoms with E-state index in [2.05, 4.69) is 27.6 Å². The Hall–Kier alpha value is -2.82. The third-order valence-electron chi connectivity index (χ3n) is 2.68. The van der Waals surface area contributed by atoms with E-state index in [-0.39, 0.29) is 12.0 Å². The zero-order valence-electron chi connectivity index (χ0n) is 10.1. The van der Waals surface area contributed by atoms with Crippen LogP contribution in [0.3, 0.4) is 0 Å². The molecule has 0 aliphatic carbocycles. The van der Waals surface area contributed by atoms with Gasteiger partial charge in [-0.1, -0.05) is 52.7 Å². The highest BCUT2D eigenvalue weighted by molar-refractivity contribution is 5.66. The molecule has 0 fully saturated rings. The summed E-state index contributed by atoms with van der Waals surface area (Å²) in [6.07, 6.45) is 0. The van der Waals surface area contributed by atoms with Crippen LogP contribution in [0.2, 0.25) is 0 Å². The van der Waals surface area contributed by atoms with Crippen LogP contribution in [0.5, 0.6) is 0 Å². The first kappa shape index (κ1) is 11.3. The zero-order valence-corrected chi connectivity index (χ0v) is 10.1. The fraction of sp³-hybridized carbons (Fsp3) is 0. The summed E-state index contributed by atoms with van der Waals surface area (Å²) in [7, 11) is 0. The number of nitrogens with zero attached hydrogens (tertiary/aromatic N) is 2. The smallest absolute Gasteiger partial charge is 0.321 e. The molecule has 0 amide bonds. The number of aromatic nitrogens is 2. The molecular formula is C14H12N4O. The Kier molecular flexibility index (Phi) is 2.86. The van der Waals surface area contributed by atoms with Crippen LogP contribution >= 0.6 is 0 Å². The summed E-state index contributed by atoms with van der Waals surface area (Å²) in [6, 6.07) is 18.4. The minimum Gasteiger partial charge on any atom is -0.389 e. The summed E-state index contributed by atoms with van der Waals surface area (Å²) in [5, 5.41) is 10.3. The van der Waals surface area contributed by atoms with Crippen LogP contribution in [-0.2, 0) is 0 Å². The standard InChI is InChI=1S/C14H12N4O/c15-13-17-18-14(19-13)16-12-8-6-11(7-9-12)10-4-2-1-3-5-10/h1-9H,(H2,15,17)(H,16,18). The first-order chi connectivity index (χ1) is 9.31. The lowest BCUT2D eigenvalue weighted by Gasteiger charge is -2.04. The first-order valence-corrected chi connectivity index (χ1v) is 5.83. The van der Waals surface area contributed by atoms with Crippen molar-refractivity contribution in [1.29, 1.82) is 0 Å². The van der Waals surface area contributed by atoms with Crippen LogP contribution < -0.4 is 11.1 Å². The van der Waals surface area contributed by atoms with Crippen molar-refractivity contribution in [3.63, 3.8) is 0 Å². The second-order valence-electron chi connectivity index (χ2n) is 4.01. The predicted molar refractivity (Wildman–Crippen MR) is 73.9 cm³/mol. The summed E-state index contributed by atoms with van der Waals surface area (Å²) in [5.41, 5.74) is 8.54.